The zero-order valence-corrected chi connectivity index (χ0v) is 13.7. The van der Waals surface area contributed by atoms with Crippen LogP contribution >= 0.6 is 15.9 Å². The number of rotatable bonds is 4. The number of benzene rings is 1. The average Bonchev–Trinajstić information content (AvgIpc) is 2.78. The summed E-state index contributed by atoms with van der Waals surface area (Å²) in [4.78, 5) is 0. The number of para-hydroxylation sites is 1. The molecule has 108 valence electrons. The van der Waals surface area contributed by atoms with Gasteiger partial charge in [-0.3, -0.25) is 0 Å². The Labute approximate surface area is 129 Å². The van der Waals surface area contributed by atoms with Gasteiger partial charge in [-0.15, -0.1) is 0 Å². The van der Waals surface area contributed by atoms with Gasteiger partial charge in [-0.05, 0) is 40.8 Å². The fourth-order valence-electron chi connectivity index (χ4n) is 3.38. The molecule has 2 nitrogen and oxygen atoms in total. The molecule has 0 aliphatic heterocycles. The van der Waals surface area contributed by atoms with Crippen LogP contribution in [-0.2, 0) is 6.54 Å². The van der Waals surface area contributed by atoms with Crippen LogP contribution in [0.2, 0.25) is 0 Å². The molecule has 1 N–H and O–H groups in total. The van der Waals surface area contributed by atoms with Crippen molar-refractivity contribution in [3.05, 3.63) is 34.9 Å². The molecular formula is C17H23BrN2. The summed E-state index contributed by atoms with van der Waals surface area (Å²) in [6, 6.07) is 9.30. The molecule has 3 rings (SSSR count). The Morgan fingerprint density at radius 2 is 2.05 bits per heavy atom. The van der Waals surface area contributed by atoms with Crippen LogP contribution in [0.5, 0.6) is 0 Å². The first-order chi connectivity index (χ1) is 9.75. The first-order valence-electron chi connectivity index (χ1n) is 7.72. The summed E-state index contributed by atoms with van der Waals surface area (Å²) in [5.41, 5.74) is 1.32. The summed E-state index contributed by atoms with van der Waals surface area (Å²) in [6.07, 6.45) is 7.73. The van der Waals surface area contributed by atoms with E-state index in [2.05, 4.69) is 63.2 Å². The summed E-state index contributed by atoms with van der Waals surface area (Å²) in [5, 5.41) is 5.06. The van der Waals surface area contributed by atoms with Gasteiger partial charge in [-0.25, -0.2) is 0 Å². The molecule has 1 aromatic heterocycles. The Bertz CT molecular complexity index is 575. The molecule has 1 aliphatic carbocycles. The SMILES string of the molecule is CC1CCCCC1NCCn1cc(Br)c2ccccc21. The van der Waals surface area contributed by atoms with Gasteiger partial charge >= 0.3 is 0 Å². The Balaban J connectivity index is 1.62. The van der Waals surface area contributed by atoms with Gasteiger partial charge in [0.05, 0.1) is 0 Å². The smallest absolute Gasteiger partial charge is 0.0492 e. The van der Waals surface area contributed by atoms with E-state index >= 15 is 0 Å². The predicted molar refractivity (Wildman–Crippen MR) is 89.1 cm³/mol. The zero-order valence-electron chi connectivity index (χ0n) is 12.1. The third-order valence-electron chi connectivity index (χ3n) is 4.61. The minimum Gasteiger partial charge on any atom is -0.345 e. The van der Waals surface area contributed by atoms with Crippen molar-refractivity contribution in [1.82, 2.24) is 9.88 Å². The van der Waals surface area contributed by atoms with Gasteiger partial charge in [0.1, 0.15) is 0 Å². The lowest BCUT2D eigenvalue weighted by atomic mass is 9.86. The average molecular weight is 335 g/mol. The number of nitrogens with one attached hydrogen (secondary N) is 1. The topological polar surface area (TPSA) is 17.0 Å². The van der Waals surface area contributed by atoms with Gasteiger partial charge in [0.2, 0.25) is 0 Å². The molecule has 0 bridgehead atoms. The molecule has 3 heteroatoms. The second-order valence-corrected chi connectivity index (χ2v) is 6.86. The van der Waals surface area contributed by atoms with Crippen molar-refractivity contribution in [1.29, 1.82) is 0 Å². The number of nitrogens with zero attached hydrogens (tertiary/aromatic N) is 1. The highest BCUT2D eigenvalue weighted by Crippen LogP contribution is 2.26. The molecule has 2 atom stereocenters. The van der Waals surface area contributed by atoms with E-state index in [0.717, 1.165) is 19.0 Å². The highest BCUT2D eigenvalue weighted by molar-refractivity contribution is 9.10. The standard InChI is InChI=1S/C17H23BrN2/c1-13-6-2-4-8-16(13)19-10-11-20-12-15(18)14-7-3-5-9-17(14)20/h3,5,7,9,12-13,16,19H,2,4,6,8,10-11H2,1H3. The number of hydrogen-bond donors (Lipinski definition) is 1. The summed E-state index contributed by atoms with van der Waals surface area (Å²) < 4.78 is 3.54. The first kappa shape index (κ1) is 14.2. The molecular weight excluding hydrogens is 312 g/mol. The highest BCUT2D eigenvalue weighted by Gasteiger charge is 2.20. The van der Waals surface area contributed by atoms with Crippen molar-refractivity contribution in [2.75, 3.05) is 6.54 Å². The maximum absolute atomic E-state index is 3.76. The Kier molecular flexibility index (Phi) is 4.47. The minimum atomic E-state index is 0.717. The Hall–Kier alpha value is -0.800. The largest absolute Gasteiger partial charge is 0.345 e. The predicted octanol–water partition coefficient (Wildman–Crippen LogP) is 4.57. The molecule has 20 heavy (non-hydrogen) atoms. The van der Waals surface area contributed by atoms with Crippen molar-refractivity contribution in [2.24, 2.45) is 5.92 Å². The van der Waals surface area contributed by atoms with Gasteiger partial charge in [-0.1, -0.05) is 38.0 Å². The van der Waals surface area contributed by atoms with Crippen LogP contribution < -0.4 is 5.32 Å². The van der Waals surface area contributed by atoms with Crippen LogP contribution in [0.15, 0.2) is 34.9 Å². The summed E-state index contributed by atoms with van der Waals surface area (Å²) in [6.45, 7) is 4.48. The monoisotopic (exact) mass is 334 g/mol. The van der Waals surface area contributed by atoms with E-state index in [-0.39, 0.29) is 0 Å². The third kappa shape index (κ3) is 2.94. The molecule has 0 saturated heterocycles. The van der Waals surface area contributed by atoms with Crippen LogP contribution in [0.1, 0.15) is 32.6 Å². The van der Waals surface area contributed by atoms with Gasteiger partial charge in [0.25, 0.3) is 0 Å². The Morgan fingerprint density at radius 3 is 2.90 bits per heavy atom. The maximum atomic E-state index is 3.76. The van der Waals surface area contributed by atoms with E-state index in [1.165, 1.54) is 41.1 Å². The maximum Gasteiger partial charge on any atom is 0.0492 e. The molecule has 1 heterocycles. The zero-order chi connectivity index (χ0) is 13.9. The summed E-state index contributed by atoms with van der Waals surface area (Å²) in [5.74, 6) is 0.830. The van der Waals surface area contributed by atoms with Crippen LogP contribution in [0, 0.1) is 5.92 Å². The molecule has 1 saturated carbocycles. The van der Waals surface area contributed by atoms with E-state index < -0.39 is 0 Å². The Morgan fingerprint density at radius 1 is 1.25 bits per heavy atom. The number of halogens is 1. The van der Waals surface area contributed by atoms with E-state index in [0.29, 0.717) is 6.04 Å². The molecule has 2 unspecified atom stereocenters. The molecule has 1 fully saturated rings. The third-order valence-corrected chi connectivity index (χ3v) is 5.24. The molecule has 0 amide bonds. The summed E-state index contributed by atoms with van der Waals surface area (Å²) >= 11 is 3.65. The van der Waals surface area contributed by atoms with Crippen LogP contribution in [0.4, 0.5) is 0 Å². The van der Waals surface area contributed by atoms with Crippen LogP contribution in [0.3, 0.4) is 0 Å². The van der Waals surface area contributed by atoms with E-state index in [1.807, 2.05) is 0 Å². The fraction of sp³-hybridized carbons (Fsp3) is 0.529. The summed E-state index contributed by atoms with van der Waals surface area (Å²) in [7, 11) is 0. The molecule has 2 aromatic rings. The quantitative estimate of drug-likeness (QED) is 0.866. The van der Waals surface area contributed by atoms with E-state index in [4.69, 9.17) is 0 Å². The normalized spacial score (nSPS) is 23.3. The lowest BCUT2D eigenvalue weighted by Gasteiger charge is -2.29. The molecule has 0 radical (unpaired) electrons. The van der Waals surface area contributed by atoms with Crippen molar-refractivity contribution < 1.29 is 0 Å². The van der Waals surface area contributed by atoms with E-state index in [9.17, 15) is 0 Å². The second-order valence-electron chi connectivity index (χ2n) is 6.01. The van der Waals surface area contributed by atoms with Gasteiger partial charge in [0, 0.05) is 40.7 Å². The number of hydrogen-bond acceptors (Lipinski definition) is 1. The first-order valence-corrected chi connectivity index (χ1v) is 8.52. The lowest BCUT2D eigenvalue weighted by Crippen LogP contribution is -2.38. The number of fused-ring (bicyclic) bond motifs is 1. The molecule has 1 aromatic carbocycles. The van der Waals surface area contributed by atoms with Crippen LogP contribution in [0.25, 0.3) is 10.9 Å². The highest BCUT2D eigenvalue weighted by atomic mass is 79.9. The van der Waals surface area contributed by atoms with Crippen molar-refractivity contribution in [2.45, 2.75) is 45.2 Å². The molecule has 1 aliphatic rings. The van der Waals surface area contributed by atoms with Gasteiger partial charge in [0.15, 0.2) is 0 Å². The number of aromatic nitrogens is 1. The van der Waals surface area contributed by atoms with Gasteiger partial charge in [-0.2, -0.15) is 0 Å². The van der Waals surface area contributed by atoms with Crippen LogP contribution in [-0.4, -0.2) is 17.2 Å². The minimum absolute atomic E-state index is 0.717. The van der Waals surface area contributed by atoms with Crippen molar-refractivity contribution in [3.63, 3.8) is 0 Å². The lowest BCUT2D eigenvalue weighted by molar-refractivity contribution is 0.279. The van der Waals surface area contributed by atoms with Gasteiger partial charge < -0.3 is 9.88 Å². The molecule has 0 spiro atoms. The van der Waals surface area contributed by atoms with Crippen molar-refractivity contribution in [3.8, 4) is 0 Å². The van der Waals surface area contributed by atoms with E-state index in [1.54, 1.807) is 0 Å². The second kappa shape index (κ2) is 6.31. The van der Waals surface area contributed by atoms with Crippen molar-refractivity contribution >= 4 is 26.8 Å². The fourth-order valence-corrected chi connectivity index (χ4v) is 3.96.